The smallest absolute Gasteiger partial charge is 0.0630 e. The maximum absolute atomic E-state index is 5.72. The Bertz CT molecular complexity index is 286. The molecule has 0 spiro atoms. The molecule has 0 aromatic carbocycles. The molecule has 1 aliphatic rings. The molecule has 3 nitrogen and oxygen atoms in total. The van der Waals surface area contributed by atoms with Crippen LogP contribution < -0.4 is 5.73 Å². The van der Waals surface area contributed by atoms with Crippen molar-refractivity contribution in [2.75, 3.05) is 6.54 Å². The lowest BCUT2D eigenvalue weighted by molar-refractivity contribution is 0.506. The molecule has 2 rings (SSSR count). The predicted octanol–water partition coefficient (Wildman–Crippen LogP) is 1.18. The van der Waals surface area contributed by atoms with Crippen LogP contribution >= 0.6 is 0 Å². The molecule has 1 aromatic heterocycles. The fourth-order valence-electron chi connectivity index (χ4n) is 1.69. The Morgan fingerprint density at radius 1 is 1.62 bits per heavy atom. The van der Waals surface area contributed by atoms with Gasteiger partial charge in [-0.15, -0.1) is 0 Å². The van der Waals surface area contributed by atoms with Gasteiger partial charge in [-0.1, -0.05) is 0 Å². The first-order chi connectivity index (χ1) is 6.28. The summed E-state index contributed by atoms with van der Waals surface area (Å²) in [6.07, 6.45) is 5.67. The Balaban J connectivity index is 2.01. The third-order valence-corrected chi connectivity index (χ3v) is 2.97. The summed E-state index contributed by atoms with van der Waals surface area (Å²) in [4.78, 5) is 0. The van der Waals surface area contributed by atoms with Crippen molar-refractivity contribution in [1.29, 1.82) is 0 Å². The highest BCUT2D eigenvalue weighted by Crippen LogP contribution is 2.46. The molecule has 0 radical (unpaired) electrons. The van der Waals surface area contributed by atoms with Crippen LogP contribution in [0.25, 0.3) is 0 Å². The Kier molecular flexibility index (Phi) is 2.12. The maximum atomic E-state index is 5.72. The monoisotopic (exact) mass is 179 g/mol. The van der Waals surface area contributed by atoms with Crippen molar-refractivity contribution in [2.24, 2.45) is 11.1 Å². The van der Waals surface area contributed by atoms with Gasteiger partial charge in [0, 0.05) is 12.7 Å². The van der Waals surface area contributed by atoms with E-state index in [2.05, 4.69) is 18.1 Å². The van der Waals surface area contributed by atoms with Gasteiger partial charge in [0.05, 0.1) is 5.69 Å². The summed E-state index contributed by atoms with van der Waals surface area (Å²) < 4.78 is 1.97. The van der Waals surface area contributed by atoms with Gasteiger partial charge in [-0.3, -0.25) is 4.68 Å². The molecule has 1 aliphatic carbocycles. The number of hydrogen-bond acceptors (Lipinski definition) is 2. The van der Waals surface area contributed by atoms with Crippen LogP contribution in [0.2, 0.25) is 0 Å². The Morgan fingerprint density at radius 3 is 2.85 bits per heavy atom. The lowest BCUT2D eigenvalue weighted by Gasteiger charge is -2.08. The first kappa shape index (κ1) is 8.75. The lowest BCUT2D eigenvalue weighted by Crippen LogP contribution is -2.18. The van der Waals surface area contributed by atoms with Gasteiger partial charge < -0.3 is 5.73 Å². The second-order valence-corrected chi connectivity index (χ2v) is 4.04. The molecule has 0 bridgehead atoms. The zero-order valence-electron chi connectivity index (χ0n) is 8.16. The quantitative estimate of drug-likeness (QED) is 0.754. The SMILES string of the molecule is CCn1ccc(CC2(CN)CC2)n1. The van der Waals surface area contributed by atoms with Gasteiger partial charge in [0.1, 0.15) is 0 Å². The average molecular weight is 179 g/mol. The summed E-state index contributed by atoms with van der Waals surface area (Å²) in [5, 5.41) is 4.46. The summed E-state index contributed by atoms with van der Waals surface area (Å²) in [5.41, 5.74) is 7.33. The van der Waals surface area contributed by atoms with E-state index >= 15 is 0 Å². The van der Waals surface area contributed by atoms with E-state index in [4.69, 9.17) is 5.73 Å². The molecule has 1 fully saturated rings. The molecule has 1 saturated carbocycles. The third kappa shape index (κ3) is 1.75. The summed E-state index contributed by atoms with van der Waals surface area (Å²) in [7, 11) is 0. The van der Waals surface area contributed by atoms with Gasteiger partial charge in [-0.05, 0) is 44.2 Å². The van der Waals surface area contributed by atoms with E-state index in [-0.39, 0.29) is 0 Å². The number of aromatic nitrogens is 2. The fourth-order valence-corrected chi connectivity index (χ4v) is 1.69. The van der Waals surface area contributed by atoms with Crippen molar-refractivity contribution in [2.45, 2.75) is 32.7 Å². The molecule has 2 N–H and O–H groups in total. The minimum Gasteiger partial charge on any atom is -0.330 e. The minimum absolute atomic E-state index is 0.410. The number of nitrogens with two attached hydrogens (primary N) is 1. The van der Waals surface area contributed by atoms with Gasteiger partial charge in [-0.2, -0.15) is 5.10 Å². The van der Waals surface area contributed by atoms with E-state index in [9.17, 15) is 0 Å². The Labute approximate surface area is 78.9 Å². The van der Waals surface area contributed by atoms with Gasteiger partial charge in [-0.25, -0.2) is 0 Å². The normalized spacial score (nSPS) is 18.9. The van der Waals surface area contributed by atoms with Gasteiger partial charge in [0.15, 0.2) is 0 Å². The first-order valence-electron chi connectivity index (χ1n) is 5.00. The van der Waals surface area contributed by atoms with Crippen LogP contribution in [0.15, 0.2) is 12.3 Å². The summed E-state index contributed by atoms with van der Waals surface area (Å²) in [5.74, 6) is 0. The van der Waals surface area contributed by atoms with Crippen LogP contribution in [0.3, 0.4) is 0 Å². The second-order valence-electron chi connectivity index (χ2n) is 4.04. The van der Waals surface area contributed by atoms with Gasteiger partial charge in [0.2, 0.25) is 0 Å². The average Bonchev–Trinajstić information content (AvgIpc) is 2.77. The van der Waals surface area contributed by atoms with Crippen LogP contribution in [0, 0.1) is 5.41 Å². The number of aryl methyl sites for hydroxylation is 1. The number of nitrogens with zero attached hydrogens (tertiary/aromatic N) is 2. The van der Waals surface area contributed by atoms with Crippen molar-refractivity contribution in [3.05, 3.63) is 18.0 Å². The molecule has 1 aromatic rings. The Morgan fingerprint density at radius 2 is 2.38 bits per heavy atom. The maximum Gasteiger partial charge on any atom is 0.0630 e. The van der Waals surface area contributed by atoms with Crippen LogP contribution in [0.1, 0.15) is 25.5 Å². The Hall–Kier alpha value is -0.830. The molecule has 13 heavy (non-hydrogen) atoms. The molecule has 0 unspecified atom stereocenters. The highest BCUT2D eigenvalue weighted by molar-refractivity contribution is 5.08. The van der Waals surface area contributed by atoms with Crippen molar-refractivity contribution >= 4 is 0 Å². The van der Waals surface area contributed by atoms with E-state index < -0.39 is 0 Å². The van der Waals surface area contributed by atoms with Gasteiger partial charge >= 0.3 is 0 Å². The molecule has 1 heterocycles. The largest absolute Gasteiger partial charge is 0.330 e. The minimum atomic E-state index is 0.410. The molecule has 72 valence electrons. The van der Waals surface area contributed by atoms with Crippen LogP contribution in [-0.2, 0) is 13.0 Å². The highest BCUT2D eigenvalue weighted by atomic mass is 15.3. The zero-order valence-corrected chi connectivity index (χ0v) is 8.16. The van der Waals surface area contributed by atoms with E-state index in [0.29, 0.717) is 5.41 Å². The van der Waals surface area contributed by atoms with E-state index in [1.807, 2.05) is 10.9 Å². The molecule has 3 heteroatoms. The van der Waals surface area contributed by atoms with Crippen molar-refractivity contribution in [3.8, 4) is 0 Å². The molecule has 0 amide bonds. The zero-order chi connectivity index (χ0) is 9.31. The number of rotatable bonds is 4. The predicted molar refractivity (Wildman–Crippen MR) is 52.3 cm³/mol. The first-order valence-corrected chi connectivity index (χ1v) is 5.00. The van der Waals surface area contributed by atoms with E-state index in [0.717, 1.165) is 19.5 Å². The summed E-state index contributed by atoms with van der Waals surface area (Å²) in [6, 6.07) is 2.11. The molecular weight excluding hydrogens is 162 g/mol. The van der Waals surface area contributed by atoms with Crippen LogP contribution in [-0.4, -0.2) is 16.3 Å². The third-order valence-electron chi connectivity index (χ3n) is 2.97. The van der Waals surface area contributed by atoms with Crippen molar-refractivity contribution < 1.29 is 0 Å². The van der Waals surface area contributed by atoms with Crippen LogP contribution in [0.4, 0.5) is 0 Å². The van der Waals surface area contributed by atoms with Gasteiger partial charge in [0.25, 0.3) is 0 Å². The molecule has 0 atom stereocenters. The topological polar surface area (TPSA) is 43.8 Å². The summed E-state index contributed by atoms with van der Waals surface area (Å²) in [6.45, 7) is 3.87. The second kappa shape index (κ2) is 3.14. The van der Waals surface area contributed by atoms with Crippen LogP contribution in [0.5, 0.6) is 0 Å². The molecule has 0 saturated heterocycles. The molecular formula is C10H17N3. The summed E-state index contributed by atoms with van der Waals surface area (Å²) >= 11 is 0. The number of hydrogen-bond donors (Lipinski definition) is 1. The van der Waals surface area contributed by atoms with Crippen molar-refractivity contribution in [3.63, 3.8) is 0 Å². The standard InChI is InChI=1S/C10H17N3/c1-2-13-6-3-9(12-13)7-10(8-11)4-5-10/h3,6H,2,4-5,7-8,11H2,1H3. The fraction of sp³-hybridized carbons (Fsp3) is 0.700. The van der Waals surface area contributed by atoms with Crippen molar-refractivity contribution in [1.82, 2.24) is 9.78 Å². The lowest BCUT2D eigenvalue weighted by atomic mass is 10.0. The van der Waals surface area contributed by atoms with E-state index in [1.165, 1.54) is 18.5 Å². The highest BCUT2D eigenvalue weighted by Gasteiger charge is 2.41. The molecule has 0 aliphatic heterocycles. The van der Waals surface area contributed by atoms with E-state index in [1.54, 1.807) is 0 Å².